The van der Waals surface area contributed by atoms with E-state index in [0.29, 0.717) is 18.7 Å². The minimum absolute atomic E-state index is 0.0238. The van der Waals surface area contributed by atoms with Crippen molar-refractivity contribution in [2.24, 2.45) is 0 Å². The molecule has 7 nitrogen and oxygen atoms in total. The van der Waals surface area contributed by atoms with E-state index in [2.05, 4.69) is 5.32 Å². The van der Waals surface area contributed by atoms with Crippen molar-refractivity contribution in [1.29, 1.82) is 0 Å². The summed E-state index contributed by atoms with van der Waals surface area (Å²) in [4.78, 5) is 26.0. The molecule has 2 amide bonds. The van der Waals surface area contributed by atoms with Gasteiger partial charge in [0.25, 0.3) is 0 Å². The Bertz CT molecular complexity index is 1040. The number of nitrogens with zero attached hydrogens (tertiary/aromatic N) is 2. The van der Waals surface area contributed by atoms with E-state index >= 15 is 0 Å². The Morgan fingerprint density at radius 2 is 1.77 bits per heavy atom. The van der Waals surface area contributed by atoms with Crippen LogP contribution in [0, 0.1) is 0 Å². The molecule has 2 aromatic carbocycles. The second kappa shape index (κ2) is 9.34. The van der Waals surface area contributed by atoms with Crippen LogP contribution in [0.5, 0.6) is 0 Å². The summed E-state index contributed by atoms with van der Waals surface area (Å²) in [7, 11) is -3.91. The van der Waals surface area contributed by atoms with Crippen molar-refractivity contribution in [2.75, 3.05) is 29.9 Å². The van der Waals surface area contributed by atoms with Crippen LogP contribution in [0.1, 0.15) is 19.8 Å². The lowest BCUT2D eigenvalue weighted by Gasteiger charge is -2.21. The maximum Gasteiger partial charge on any atom is 0.243 e. The zero-order valence-electron chi connectivity index (χ0n) is 16.3. The van der Waals surface area contributed by atoms with Gasteiger partial charge in [0, 0.05) is 25.2 Å². The second-order valence-electron chi connectivity index (χ2n) is 6.72. The number of para-hydroxylation sites is 1. The summed E-state index contributed by atoms with van der Waals surface area (Å²) in [6.07, 6.45) is 1.28. The highest BCUT2D eigenvalue weighted by molar-refractivity contribution is 7.89. The van der Waals surface area contributed by atoms with E-state index in [4.69, 9.17) is 23.2 Å². The lowest BCUT2D eigenvalue weighted by atomic mass is 10.3. The summed E-state index contributed by atoms with van der Waals surface area (Å²) in [6, 6.07) is 10.9. The number of carbonyl (C=O) groups excluding carboxylic acids is 2. The zero-order valence-corrected chi connectivity index (χ0v) is 18.6. The molecule has 30 heavy (non-hydrogen) atoms. The highest BCUT2D eigenvalue weighted by atomic mass is 35.5. The van der Waals surface area contributed by atoms with E-state index in [-0.39, 0.29) is 33.1 Å². The van der Waals surface area contributed by atoms with Crippen LogP contribution in [0.4, 0.5) is 11.4 Å². The Balaban J connectivity index is 1.74. The van der Waals surface area contributed by atoms with Gasteiger partial charge in [-0.2, -0.15) is 4.31 Å². The molecule has 0 atom stereocenters. The first kappa shape index (κ1) is 22.6. The summed E-state index contributed by atoms with van der Waals surface area (Å²) in [5, 5.41) is 3.08. The Kier molecular flexibility index (Phi) is 7.02. The number of anilines is 2. The van der Waals surface area contributed by atoms with E-state index < -0.39 is 22.5 Å². The summed E-state index contributed by atoms with van der Waals surface area (Å²) in [6.45, 7) is 1.96. The number of rotatable bonds is 7. The second-order valence-corrected chi connectivity index (χ2v) is 9.47. The summed E-state index contributed by atoms with van der Waals surface area (Å²) in [5.41, 5.74) is 0.893. The summed E-state index contributed by atoms with van der Waals surface area (Å²) in [5.74, 6) is -0.537. The van der Waals surface area contributed by atoms with Gasteiger partial charge in [-0.1, -0.05) is 36.2 Å². The molecule has 0 unspecified atom stereocenters. The molecular formula is C20H21Cl2N3O4S. The van der Waals surface area contributed by atoms with E-state index in [9.17, 15) is 18.0 Å². The number of amides is 2. The lowest BCUT2D eigenvalue weighted by Crippen LogP contribution is -2.38. The topological polar surface area (TPSA) is 86.8 Å². The number of sulfonamides is 1. The average Bonchev–Trinajstić information content (AvgIpc) is 3.15. The van der Waals surface area contributed by atoms with Crippen molar-refractivity contribution in [3.8, 4) is 0 Å². The average molecular weight is 470 g/mol. The molecule has 0 aliphatic carbocycles. The van der Waals surface area contributed by atoms with Gasteiger partial charge in [0.15, 0.2) is 0 Å². The largest absolute Gasteiger partial charge is 0.322 e. The predicted octanol–water partition coefficient (Wildman–Crippen LogP) is 3.77. The maximum absolute atomic E-state index is 13.0. The van der Waals surface area contributed by atoms with E-state index in [1.165, 1.54) is 12.1 Å². The van der Waals surface area contributed by atoms with Crippen LogP contribution in [0.25, 0.3) is 0 Å². The van der Waals surface area contributed by atoms with Crippen molar-refractivity contribution >= 4 is 56.4 Å². The molecule has 1 aliphatic rings. The first-order valence-corrected chi connectivity index (χ1v) is 11.6. The van der Waals surface area contributed by atoms with Gasteiger partial charge in [-0.25, -0.2) is 8.42 Å². The number of likely N-dealkylation sites (N-methyl/N-ethyl adjacent to an activating group) is 1. The molecule has 2 aromatic rings. The van der Waals surface area contributed by atoms with Gasteiger partial charge in [-0.05, 0) is 42.8 Å². The fourth-order valence-corrected chi connectivity index (χ4v) is 5.09. The minimum Gasteiger partial charge on any atom is -0.322 e. The standard InChI is InChI=1S/C20H21Cl2N3O4S/c1-2-24(13-18(26)23-20-16(21)5-3-6-17(20)22)30(28,29)15-10-8-14(9-11-15)25-12-4-7-19(25)27/h3,5-6,8-11H,2,4,7,12-13H2,1H3,(H,23,26). The molecule has 0 aromatic heterocycles. The Hall–Kier alpha value is -2.13. The molecule has 1 aliphatic heterocycles. The van der Waals surface area contributed by atoms with Gasteiger partial charge < -0.3 is 10.2 Å². The van der Waals surface area contributed by atoms with Gasteiger partial charge in [-0.15, -0.1) is 0 Å². The molecule has 10 heteroatoms. The van der Waals surface area contributed by atoms with Gasteiger partial charge in [0.1, 0.15) is 0 Å². The Morgan fingerprint density at radius 1 is 1.13 bits per heavy atom. The highest BCUT2D eigenvalue weighted by Crippen LogP contribution is 2.30. The first-order valence-electron chi connectivity index (χ1n) is 9.38. The molecule has 0 radical (unpaired) electrons. The van der Waals surface area contributed by atoms with Crippen molar-refractivity contribution in [1.82, 2.24) is 4.31 Å². The van der Waals surface area contributed by atoms with Crippen LogP contribution in [-0.2, 0) is 19.6 Å². The Labute approximate surface area is 185 Å². The van der Waals surface area contributed by atoms with E-state index in [1.807, 2.05) is 0 Å². The monoisotopic (exact) mass is 469 g/mol. The van der Waals surface area contributed by atoms with Gasteiger partial charge in [-0.3, -0.25) is 9.59 Å². The minimum atomic E-state index is -3.91. The van der Waals surface area contributed by atoms with Crippen molar-refractivity contribution in [2.45, 2.75) is 24.7 Å². The predicted molar refractivity (Wildman–Crippen MR) is 118 cm³/mol. The first-order chi connectivity index (χ1) is 14.2. The molecule has 3 rings (SSSR count). The number of benzene rings is 2. The molecule has 160 valence electrons. The number of hydrogen-bond acceptors (Lipinski definition) is 4. The van der Waals surface area contributed by atoms with Crippen molar-refractivity contribution in [3.05, 3.63) is 52.5 Å². The van der Waals surface area contributed by atoms with E-state index in [0.717, 1.165) is 10.7 Å². The molecule has 0 saturated carbocycles. The molecule has 1 fully saturated rings. The van der Waals surface area contributed by atoms with E-state index in [1.54, 1.807) is 42.2 Å². The van der Waals surface area contributed by atoms with Crippen LogP contribution in [-0.4, -0.2) is 44.2 Å². The van der Waals surface area contributed by atoms with Crippen LogP contribution >= 0.6 is 23.2 Å². The number of hydrogen-bond donors (Lipinski definition) is 1. The zero-order chi connectivity index (χ0) is 21.9. The summed E-state index contributed by atoms with van der Waals surface area (Å²) >= 11 is 12.1. The number of carbonyl (C=O) groups is 2. The van der Waals surface area contributed by atoms with Gasteiger partial charge >= 0.3 is 0 Å². The third-order valence-corrected chi connectivity index (χ3v) is 7.32. The SMILES string of the molecule is CCN(CC(=O)Nc1c(Cl)cccc1Cl)S(=O)(=O)c1ccc(N2CCCC2=O)cc1. The van der Waals surface area contributed by atoms with Crippen LogP contribution in [0.3, 0.4) is 0 Å². The highest BCUT2D eigenvalue weighted by Gasteiger charge is 2.27. The molecule has 0 spiro atoms. The normalized spacial score (nSPS) is 14.4. The molecule has 1 heterocycles. The van der Waals surface area contributed by atoms with Crippen LogP contribution in [0.15, 0.2) is 47.4 Å². The fourth-order valence-electron chi connectivity index (χ4n) is 3.19. The fraction of sp³-hybridized carbons (Fsp3) is 0.300. The molecular weight excluding hydrogens is 449 g/mol. The Morgan fingerprint density at radius 3 is 2.30 bits per heavy atom. The maximum atomic E-state index is 13.0. The number of nitrogens with one attached hydrogen (secondary N) is 1. The smallest absolute Gasteiger partial charge is 0.243 e. The molecule has 1 saturated heterocycles. The lowest BCUT2D eigenvalue weighted by molar-refractivity contribution is -0.117. The van der Waals surface area contributed by atoms with Crippen LogP contribution in [0.2, 0.25) is 10.0 Å². The third-order valence-electron chi connectivity index (χ3n) is 4.76. The van der Waals surface area contributed by atoms with Crippen molar-refractivity contribution in [3.63, 3.8) is 0 Å². The van der Waals surface area contributed by atoms with Gasteiger partial charge in [0.05, 0.1) is 27.2 Å². The quantitative estimate of drug-likeness (QED) is 0.668. The van der Waals surface area contributed by atoms with Crippen LogP contribution < -0.4 is 10.2 Å². The molecule has 1 N–H and O–H groups in total. The summed E-state index contributed by atoms with van der Waals surface area (Å²) < 4.78 is 27.0. The molecule has 0 bridgehead atoms. The third kappa shape index (κ3) is 4.78. The number of halogens is 2. The van der Waals surface area contributed by atoms with Crippen molar-refractivity contribution < 1.29 is 18.0 Å². The van der Waals surface area contributed by atoms with Gasteiger partial charge in [0.2, 0.25) is 21.8 Å².